The Morgan fingerprint density at radius 1 is 1.13 bits per heavy atom. The zero-order valence-corrected chi connectivity index (χ0v) is 18.9. The normalized spacial score (nSPS) is 14.2. The lowest BCUT2D eigenvalue weighted by atomic mass is 10.1. The predicted octanol–water partition coefficient (Wildman–Crippen LogP) is 4.09. The van der Waals surface area contributed by atoms with Crippen LogP contribution in [0.1, 0.15) is 41.7 Å². The number of hydrogen-bond donors (Lipinski definition) is 1. The van der Waals surface area contributed by atoms with Gasteiger partial charge in [-0.25, -0.2) is 4.79 Å². The third-order valence-electron chi connectivity index (χ3n) is 4.98. The number of likely N-dealkylation sites (tertiary alicyclic amines) is 1. The maximum absolute atomic E-state index is 12.5. The summed E-state index contributed by atoms with van der Waals surface area (Å²) in [5.74, 6) is -0.667. The summed E-state index contributed by atoms with van der Waals surface area (Å²) in [6.07, 6.45) is 2.08. The molecule has 1 heterocycles. The number of nitrogens with zero attached hydrogens (tertiary/aromatic N) is 1. The highest BCUT2D eigenvalue weighted by molar-refractivity contribution is 8.00. The zero-order valence-electron chi connectivity index (χ0n) is 17.3. The number of carbonyl (C=O) groups is 3. The predicted molar refractivity (Wildman–Crippen MR) is 121 cm³/mol. The smallest absolute Gasteiger partial charge is 0.339 e. The fourth-order valence-corrected chi connectivity index (χ4v) is 4.45. The van der Waals surface area contributed by atoms with Gasteiger partial charge in [-0.2, -0.15) is 0 Å². The number of rotatable bonds is 8. The molecule has 8 heteroatoms. The Bertz CT molecular complexity index is 947. The first-order valence-corrected chi connectivity index (χ1v) is 11.5. The van der Waals surface area contributed by atoms with E-state index in [1.165, 1.54) is 11.8 Å². The second kappa shape index (κ2) is 11.2. The van der Waals surface area contributed by atoms with Crippen LogP contribution in [-0.4, -0.2) is 48.1 Å². The summed E-state index contributed by atoms with van der Waals surface area (Å²) in [5, 5.41) is 3.37. The van der Waals surface area contributed by atoms with Crippen molar-refractivity contribution in [3.8, 4) is 0 Å². The molecule has 164 valence electrons. The van der Waals surface area contributed by atoms with Gasteiger partial charge >= 0.3 is 5.97 Å². The minimum atomic E-state index is -0.595. The Balaban J connectivity index is 1.51. The number of hydrogen-bond acceptors (Lipinski definition) is 5. The molecule has 0 unspecified atom stereocenters. The SMILES string of the molecule is C[C@H](NC(=O)COC(=O)c1ccccc1SCC(=O)N1CCCC1)c1cccc(Cl)c1. The maximum Gasteiger partial charge on any atom is 0.339 e. The third kappa shape index (κ3) is 6.74. The molecule has 1 N–H and O–H groups in total. The molecule has 31 heavy (non-hydrogen) atoms. The van der Waals surface area contributed by atoms with Crippen LogP contribution in [0.4, 0.5) is 0 Å². The molecular formula is C23H25ClN2O4S. The lowest BCUT2D eigenvalue weighted by Gasteiger charge is -2.16. The average Bonchev–Trinajstić information content (AvgIpc) is 3.31. The number of benzene rings is 2. The first-order valence-electron chi connectivity index (χ1n) is 10.2. The van der Waals surface area contributed by atoms with Crippen molar-refractivity contribution >= 4 is 41.1 Å². The van der Waals surface area contributed by atoms with Crippen molar-refractivity contribution in [3.05, 3.63) is 64.7 Å². The number of nitrogens with one attached hydrogen (secondary N) is 1. The molecule has 0 spiro atoms. The van der Waals surface area contributed by atoms with Crippen molar-refractivity contribution in [3.63, 3.8) is 0 Å². The lowest BCUT2D eigenvalue weighted by Crippen LogP contribution is -2.31. The standard InChI is InChI=1S/C23H25ClN2O4S/c1-16(17-7-6-8-18(24)13-17)25-21(27)14-30-23(29)19-9-2-3-10-20(19)31-15-22(28)26-11-4-5-12-26/h2-3,6-10,13,16H,4-5,11-12,14-15H2,1H3,(H,25,27)/t16-/m0/s1. The van der Waals surface area contributed by atoms with Crippen LogP contribution in [0.2, 0.25) is 5.02 Å². The van der Waals surface area contributed by atoms with Crippen molar-refractivity contribution < 1.29 is 19.1 Å². The second-order valence-electron chi connectivity index (χ2n) is 7.29. The average molecular weight is 461 g/mol. The lowest BCUT2D eigenvalue weighted by molar-refractivity contribution is -0.127. The zero-order chi connectivity index (χ0) is 22.2. The highest BCUT2D eigenvalue weighted by atomic mass is 35.5. The Morgan fingerprint density at radius 2 is 1.87 bits per heavy atom. The first-order chi connectivity index (χ1) is 14.9. The summed E-state index contributed by atoms with van der Waals surface area (Å²) in [7, 11) is 0. The molecule has 2 aromatic carbocycles. The van der Waals surface area contributed by atoms with Crippen LogP contribution >= 0.6 is 23.4 Å². The van der Waals surface area contributed by atoms with E-state index in [0.29, 0.717) is 15.5 Å². The minimum absolute atomic E-state index is 0.0695. The molecule has 1 fully saturated rings. The molecule has 1 aliphatic heterocycles. The minimum Gasteiger partial charge on any atom is -0.452 e. The number of esters is 1. The van der Waals surface area contributed by atoms with Crippen molar-refractivity contribution in [1.82, 2.24) is 10.2 Å². The molecule has 0 saturated carbocycles. The molecule has 6 nitrogen and oxygen atoms in total. The van der Waals surface area contributed by atoms with Crippen LogP contribution in [-0.2, 0) is 14.3 Å². The first kappa shape index (κ1) is 23.2. The van der Waals surface area contributed by atoms with Crippen LogP contribution in [0.3, 0.4) is 0 Å². The van der Waals surface area contributed by atoms with Crippen LogP contribution in [0.5, 0.6) is 0 Å². The van der Waals surface area contributed by atoms with E-state index in [1.54, 1.807) is 36.4 Å². The van der Waals surface area contributed by atoms with E-state index in [4.69, 9.17) is 16.3 Å². The van der Waals surface area contributed by atoms with Crippen molar-refractivity contribution in [1.29, 1.82) is 0 Å². The molecule has 2 aromatic rings. The molecule has 3 rings (SSSR count). The molecule has 1 saturated heterocycles. The molecule has 0 radical (unpaired) electrons. The van der Waals surface area contributed by atoms with E-state index >= 15 is 0 Å². The molecule has 1 aliphatic rings. The van der Waals surface area contributed by atoms with Gasteiger partial charge in [0.2, 0.25) is 5.91 Å². The summed E-state index contributed by atoms with van der Waals surface area (Å²) in [6.45, 7) is 3.03. The fourth-order valence-electron chi connectivity index (χ4n) is 3.31. The van der Waals surface area contributed by atoms with E-state index in [2.05, 4.69) is 5.32 Å². The van der Waals surface area contributed by atoms with Gasteiger partial charge in [0.05, 0.1) is 17.4 Å². The summed E-state index contributed by atoms with van der Waals surface area (Å²) in [4.78, 5) is 39.6. The number of amides is 2. The van der Waals surface area contributed by atoms with E-state index in [-0.39, 0.29) is 17.7 Å². The molecule has 1 atom stereocenters. The maximum atomic E-state index is 12.5. The molecule has 0 bridgehead atoms. The van der Waals surface area contributed by atoms with E-state index in [0.717, 1.165) is 31.5 Å². The number of halogens is 1. The van der Waals surface area contributed by atoms with Gasteiger partial charge in [0.25, 0.3) is 5.91 Å². The Labute approximate surface area is 191 Å². The topological polar surface area (TPSA) is 75.7 Å². The monoisotopic (exact) mass is 460 g/mol. The Morgan fingerprint density at radius 3 is 2.61 bits per heavy atom. The van der Waals surface area contributed by atoms with Crippen LogP contribution in [0, 0.1) is 0 Å². The summed E-state index contributed by atoms with van der Waals surface area (Å²) < 4.78 is 5.21. The number of ether oxygens (including phenoxy) is 1. The van der Waals surface area contributed by atoms with Gasteiger partial charge in [-0.3, -0.25) is 9.59 Å². The van der Waals surface area contributed by atoms with Gasteiger partial charge in [0, 0.05) is 23.0 Å². The van der Waals surface area contributed by atoms with Gasteiger partial charge in [-0.05, 0) is 49.6 Å². The largest absolute Gasteiger partial charge is 0.452 e. The van der Waals surface area contributed by atoms with Gasteiger partial charge in [-0.15, -0.1) is 11.8 Å². The van der Waals surface area contributed by atoms with E-state index in [1.807, 2.05) is 24.0 Å². The van der Waals surface area contributed by atoms with Crippen LogP contribution in [0.15, 0.2) is 53.4 Å². The van der Waals surface area contributed by atoms with E-state index in [9.17, 15) is 14.4 Å². The van der Waals surface area contributed by atoms with E-state index < -0.39 is 18.5 Å². The van der Waals surface area contributed by atoms with Crippen LogP contribution in [0.25, 0.3) is 0 Å². The van der Waals surface area contributed by atoms with Crippen molar-refractivity contribution in [2.45, 2.75) is 30.7 Å². The van der Waals surface area contributed by atoms with Gasteiger partial charge in [0.15, 0.2) is 6.61 Å². The quantitative estimate of drug-likeness (QED) is 0.474. The molecule has 0 aliphatic carbocycles. The number of carbonyl (C=O) groups excluding carboxylic acids is 3. The molecule has 0 aromatic heterocycles. The Hall–Kier alpha value is -2.51. The molecule has 2 amide bonds. The van der Waals surface area contributed by atoms with Gasteiger partial charge in [-0.1, -0.05) is 35.9 Å². The highest BCUT2D eigenvalue weighted by Crippen LogP contribution is 2.24. The van der Waals surface area contributed by atoms with Gasteiger partial charge < -0.3 is 15.0 Å². The summed E-state index contributed by atoms with van der Waals surface area (Å²) >= 11 is 7.29. The summed E-state index contributed by atoms with van der Waals surface area (Å²) in [5.41, 5.74) is 1.20. The Kier molecular flexibility index (Phi) is 8.37. The highest BCUT2D eigenvalue weighted by Gasteiger charge is 2.20. The second-order valence-corrected chi connectivity index (χ2v) is 8.75. The van der Waals surface area contributed by atoms with Crippen molar-refractivity contribution in [2.75, 3.05) is 25.4 Å². The third-order valence-corrected chi connectivity index (χ3v) is 6.27. The summed E-state index contributed by atoms with van der Waals surface area (Å²) in [6, 6.07) is 13.9. The fraction of sp³-hybridized carbons (Fsp3) is 0.348. The molecular weight excluding hydrogens is 436 g/mol. The number of thioether (sulfide) groups is 1. The van der Waals surface area contributed by atoms with Gasteiger partial charge in [0.1, 0.15) is 0 Å². The van der Waals surface area contributed by atoms with Crippen LogP contribution < -0.4 is 5.32 Å². The van der Waals surface area contributed by atoms with Crippen molar-refractivity contribution in [2.24, 2.45) is 0 Å².